The smallest absolute Gasteiger partial charge is 0.407 e. The first-order valence-electron chi connectivity index (χ1n) is 4.59. The molecule has 0 unspecified atom stereocenters. The van der Waals surface area contributed by atoms with Crippen LogP contribution in [-0.2, 0) is 14.3 Å². The van der Waals surface area contributed by atoms with Gasteiger partial charge in [-0.2, -0.15) is 0 Å². The molecule has 0 spiro atoms. The van der Waals surface area contributed by atoms with Crippen molar-refractivity contribution in [3.8, 4) is 0 Å². The van der Waals surface area contributed by atoms with Crippen molar-refractivity contribution >= 4 is 17.9 Å². The summed E-state index contributed by atoms with van der Waals surface area (Å²) in [7, 11) is 0. The fourth-order valence-corrected chi connectivity index (χ4v) is 1.10. The van der Waals surface area contributed by atoms with E-state index in [1.165, 1.54) is 12.2 Å². The predicted octanol–water partition coefficient (Wildman–Crippen LogP) is -0.343. The van der Waals surface area contributed by atoms with Gasteiger partial charge in [0.1, 0.15) is 0 Å². The molecule has 0 fully saturated rings. The van der Waals surface area contributed by atoms with Crippen LogP contribution in [0.5, 0.6) is 0 Å². The van der Waals surface area contributed by atoms with Crippen LogP contribution < -0.4 is 5.32 Å². The number of hydrogen-bond acceptors (Lipinski definition) is 4. The van der Waals surface area contributed by atoms with Gasteiger partial charge in [0.05, 0.1) is 6.61 Å². The number of carbonyl (C=O) groups excluding carboxylic acids is 3. The first kappa shape index (κ1) is 11.2. The van der Waals surface area contributed by atoms with Crippen LogP contribution in [0.25, 0.3) is 0 Å². The fraction of sp³-hybridized carbons (Fsp3) is 0.444. The molecule has 15 heavy (non-hydrogen) atoms. The second-order valence-corrected chi connectivity index (χ2v) is 2.81. The Hall–Kier alpha value is -1.85. The Morgan fingerprint density at radius 3 is 2.53 bits per heavy atom. The number of amides is 3. The molecular formula is C9H12N2O4. The van der Waals surface area contributed by atoms with Crippen LogP contribution in [0.2, 0.25) is 0 Å². The summed E-state index contributed by atoms with van der Waals surface area (Å²) >= 11 is 0. The molecule has 3 amide bonds. The Morgan fingerprint density at radius 1 is 1.40 bits per heavy atom. The van der Waals surface area contributed by atoms with E-state index in [1.807, 2.05) is 0 Å². The van der Waals surface area contributed by atoms with Gasteiger partial charge in [-0.1, -0.05) is 0 Å². The van der Waals surface area contributed by atoms with Crippen molar-refractivity contribution < 1.29 is 19.1 Å². The summed E-state index contributed by atoms with van der Waals surface area (Å²) in [6, 6.07) is 0. The van der Waals surface area contributed by atoms with Crippen LogP contribution in [0.15, 0.2) is 12.2 Å². The van der Waals surface area contributed by atoms with Crippen LogP contribution in [0, 0.1) is 0 Å². The van der Waals surface area contributed by atoms with Crippen molar-refractivity contribution in [1.82, 2.24) is 10.2 Å². The third kappa shape index (κ3) is 3.08. The van der Waals surface area contributed by atoms with Crippen molar-refractivity contribution in [1.29, 1.82) is 0 Å². The second-order valence-electron chi connectivity index (χ2n) is 2.81. The SMILES string of the molecule is CCOC(=O)NCCN1C(=O)C=CC1=O. The summed E-state index contributed by atoms with van der Waals surface area (Å²) in [5, 5.41) is 2.42. The lowest BCUT2D eigenvalue weighted by Gasteiger charge is -2.13. The third-order valence-electron chi connectivity index (χ3n) is 1.78. The number of rotatable bonds is 4. The molecule has 6 heteroatoms. The molecule has 6 nitrogen and oxygen atoms in total. The monoisotopic (exact) mass is 212 g/mol. The number of carbonyl (C=O) groups is 3. The minimum absolute atomic E-state index is 0.156. The lowest BCUT2D eigenvalue weighted by molar-refractivity contribution is -0.136. The number of alkyl carbamates (subject to hydrolysis) is 1. The molecule has 0 bridgehead atoms. The van der Waals surface area contributed by atoms with Gasteiger partial charge in [-0.25, -0.2) is 4.79 Å². The summed E-state index contributed by atoms with van der Waals surface area (Å²) in [5.41, 5.74) is 0. The van der Waals surface area contributed by atoms with Crippen molar-refractivity contribution in [3.63, 3.8) is 0 Å². The van der Waals surface area contributed by atoms with E-state index >= 15 is 0 Å². The maximum absolute atomic E-state index is 11.1. The topological polar surface area (TPSA) is 75.7 Å². The quantitative estimate of drug-likeness (QED) is 0.647. The molecule has 1 heterocycles. The van der Waals surface area contributed by atoms with Crippen LogP contribution in [0.4, 0.5) is 4.79 Å². The van der Waals surface area contributed by atoms with E-state index in [0.717, 1.165) is 4.90 Å². The Morgan fingerprint density at radius 2 is 2.00 bits per heavy atom. The highest BCUT2D eigenvalue weighted by Gasteiger charge is 2.22. The minimum Gasteiger partial charge on any atom is -0.450 e. The molecule has 0 aliphatic carbocycles. The maximum atomic E-state index is 11.1. The van der Waals surface area contributed by atoms with E-state index in [9.17, 15) is 14.4 Å². The number of imide groups is 1. The molecular weight excluding hydrogens is 200 g/mol. The summed E-state index contributed by atoms with van der Waals surface area (Å²) in [6.45, 7) is 2.33. The first-order chi connectivity index (χ1) is 7.15. The van der Waals surface area contributed by atoms with Crippen molar-refractivity contribution in [2.75, 3.05) is 19.7 Å². The number of hydrogen-bond donors (Lipinski definition) is 1. The molecule has 0 atom stereocenters. The Kier molecular flexibility index (Phi) is 3.84. The van der Waals surface area contributed by atoms with Gasteiger partial charge in [0, 0.05) is 25.2 Å². The van der Waals surface area contributed by atoms with Gasteiger partial charge in [0.25, 0.3) is 11.8 Å². The third-order valence-corrected chi connectivity index (χ3v) is 1.78. The van der Waals surface area contributed by atoms with Gasteiger partial charge in [0.15, 0.2) is 0 Å². The standard InChI is InChI=1S/C9H12N2O4/c1-2-15-9(14)10-5-6-11-7(12)3-4-8(11)13/h3-4H,2,5-6H2,1H3,(H,10,14). The lowest BCUT2D eigenvalue weighted by atomic mass is 10.5. The molecule has 0 aromatic heterocycles. The van der Waals surface area contributed by atoms with E-state index in [4.69, 9.17) is 0 Å². The summed E-state index contributed by atoms with van der Waals surface area (Å²) in [6.07, 6.45) is 1.85. The van der Waals surface area contributed by atoms with Gasteiger partial charge >= 0.3 is 6.09 Å². The van der Waals surface area contributed by atoms with E-state index in [2.05, 4.69) is 10.1 Å². The molecule has 1 aliphatic heterocycles. The molecule has 1 aliphatic rings. The predicted molar refractivity (Wildman–Crippen MR) is 50.9 cm³/mol. The molecule has 0 aromatic rings. The average molecular weight is 212 g/mol. The highest BCUT2D eigenvalue weighted by atomic mass is 16.5. The van der Waals surface area contributed by atoms with E-state index < -0.39 is 6.09 Å². The summed E-state index contributed by atoms with van der Waals surface area (Å²) in [4.78, 5) is 34.0. The Bertz CT molecular complexity index is 293. The van der Waals surface area contributed by atoms with Crippen molar-refractivity contribution in [3.05, 3.63) is 12.2 Å². The zero-order valence-electron chi connectivity index (χ0n) is 8.36. The number of nitrogens with one attached hydrogen (secondary N) is 1. The zero-order chi connectivity index (χ0) is 11.3. The highest BCUT2D eigenvalue weighted by molar-refractivity contribution is 6.12. The molecule has 82 valence electrons. The molecule has 1 N–H and O–H groups in total. The minimum atomic E-state index is -0.551. The van der Waals surface area contributed by atoms with Gasteiger partial charge in [-0.15, -0.1) is 0 Å². The van der Waals surface area contributed by atoms with Gasteiger partial charge in [-0.05, 0) is 6.92 Å². The fourth-order valence-electron chi connectivity index (χ4n) is 1.10. The van der Waals surface area contributed by atoms with E-state index in [1.54, 1.807) is 6.92 Å². The largest absolute Gasteiger partial charge is 0.450 e. The Labute approximate surface area is 86.9 Å². The first-order valence-corrected chi connectivity index (χ1v) is 4.59. The van der Waals surface area contributed by atoms with Gasteiger partial charge < -0.3 is 10.1 Å². The normalized spacial score (nSPS) is 14.6. The summed E-state index contributed by atoms with van der Waals surface area (Å²) in [5.74, 6) is -0.712. The van der Waals surface area contributed by atoms with Crippen LogP contribution in [0.3, 0.4) is 0 Å². The van der Waals surface area contributed by atoms with Gasteiger partial charge in [0.2, 0.25) is 0 Å². The Balaban J connectivity index is 2.23. The maximum Gasteiger partial charge on any atom is 0.407 e. The highest BCUT2D eigenvalue weighted by Crippen LogP contribution is 2.01. The number of ether oxygens (including phenoxy) is 1. The van der Waals surface area contributed by atoms with Gasteiger partial charge in [-0.3, -0.25) is 14.5 Å². The summed E-state index contributed by atoms with van der Waals surface area (Å²) < 4.78 is 4.61. The van der Waals surface area contributed by atoms with Crippen LogP contribution >= 0.6 is 0 Å². The van der Waals surface area contributed by atoms with Crippen molar-refractivity contribution in [2.24, 2.45) is 0 Å². The van der Waals surface area contributed by atoms with E-state index in [0.29, 0.717) is 0 Å². The second kappa shape index (κ2) is 5.14. The van der Waals surface area contributed by atoms with Crippen molar-refractivity contribution in [2.45, 2.75) is 6.92 Å². The molecule has 1 rings (SSSR count). The zero-order valence-corrected chi connectivity index (χ0v) is 8.36. The van der Waals surface area contributed by atoms with Crippen LogP contribution in [-0.4, -0.2) is 42.5 Å². The number of nitrogens with zero attached hydrogens (tertiary/aromatic N) is 1. The molecule has 0 saturated heterocycles. The lowest BCUT2D eigenvalue weighted by Crippen LogP contribution is -2.38. The molecule has 0 radical (unpaired) electrons. The van der Waals surface area contributed by atoms with Crippen LogP contribution in [0.1, 0.15) is 6.92 Å². The molecule has 0 aromatic carbocycles. The molecule has 0 saturated carbocycles. The average Bonchev–Trinajstić information content (AvgIpc) is 2.49. The van der Waals surface area contributed by atoms with E-state index in [-0.39, 0.29) is 31.5 Å².